The molecule has 11 nitrogen and oxygen atoms in total. The summed E-state index contributed by atoms with van der Waals surface area (Å²) in [7, 11) is 0. The van der Waals surface area contributed by atoms with Crippen molar-refractivity contribution in [1.82, 2.24) is 20.9 Å². The molecule has 4 rings (SSSR count). The van der Waals surface area contributed by atoms with Gasteiger partial charge in [0, 0.05) is 18.2 Å². The third-order valence-electron chi connectivity index (χ3n) is 7.85. The summed E-state index contributed by atoms with van der Waals surface area (Å²) in [5.41, 5.74) is 3.82. The Balaban J connectivity index is 1.57. The number of nitrogens with one attached hydrogen (secondary N) is 3. The van der Waals surface area contributed by atoms with E-state index in [1.807, 2.05) is 86.6 Å². The van der Waals surface area contributed by atoms with E-state index in [9.17, 15) is 24.3 Å². The molecule has 4 atom stereocenters. The van der Waals surface area contributed by atoms with E-state index in [-0.39, 0.29) is 38.4 Å². The Morgan fingerprint density at radius 3 is 2.24 bits per heavy atom. The van der Waals surface area contributed by atoms with Crippen LogP contribution in [0.4, 0.5) is 4.79 Å². The van der Waals surface area contributed by atoms with Crippen molar-refractivity contribution in [2.75, 3.05) is 6.61 Å². The van der Waals surface area contributed by atoms with Gasteiger partial charge in [-0.1, -0.05) is 86.6 Å². The first-order chi connectivity index (χ1) is 23.6. The van der Waals surface area contributed by atoms with Gasteiger partial charge in [-0.3, -0.25) is 14.4 Å². The maximum absolute atomic E-state index is 14.1. The number of carbonyl (C=O) groups excluding carboxylic acids is 4. The third-order valence-corrected chi connectivity index (χ3v) is 8.49. The van der Waals surface area contributed by atoms with Gasteiger partial charge in [0.05, 0.1) is 36.4 Å². The fourth-order valence-corrected chi connectivity index (χ4v) is 6.04. The number of thiazole rings is 1. The number of amides is 3. The maximum atomic E-state index is 14.1. The second-order valence-electron chi connectivity index (χ2n) is 12.2. The lowest BCUT2D eigenvalue weighted by atomic mass is 9.96. The number of esters is 1. The number of alkyl carbamates (subject to hydrolysis) is 1. The van der Waals surface area contributed by atoms with E-state index in [2.05, 4.69) is 20.9 Å². The van der Waals surface area contributed by atoms with Gasteiger partial charge in [0.2, 0.25) is 11.8 Å². The molecule has 0 fully saturated rings. The molecule has 1 heterocycles. The normalized spacial score (nSPS) is 13.6. The number of hydrogen-bond acceptors (Lipinski definition) is 9. The molecule has 0 saturated heterocycles. The number of aliphatic hydroxyl groups excluding tert-OH is 1. The second-order valence-corrected chi connectivity index (χ2v) is 12.9. The monoisotopic (exact) mass is 688 g/mol. The molecule has 1 aromatic heterocycles. The highest BCUT2D eigenvalue weighted by Gasteiger charge is 2.32. The Bertz CT molecular complexity index is 1660. The molecule has 0 bridgehead atoms. The molecule has 0 saturated carbocycles. The molecule has 0 aliphatic rings. The number of aromatic nitrogens is 1. The zero-order valence-electron chi connectivity index (χ0n) is 28.0. The minimum Gasteiger partial charge on any atom is -0.466 e. The average Bonchev–Trinajstić information content (AvgIpc) is 3.60. The summed E-state index contributed by atoms with van der Waals surface area (Å²) in [6, 6.07) is 19.6. The molecule has 0 spiro atoms. The number of hydrogen-bond donors (Lipinski definition) is 4. The molecular formula is C37H44N4O7S. The first-order valence-corrected chi connectivity index (χ1v) is 17.3. The molecule has 0 aliphatic carbocycles. The van der Waals surface area contributed by atoms with Crippen molar-refractivity contribution in [3.63, 3.8) is 0 Å². The fraction of sp³-hybridized carbons (Fsp3) is 0.378. The minimum atomic E-state index is -1.21. The van der Waals surface area contributed by atoms with Crippen molar-refractivity contribution in [2.24, 2.45) is 5.92 Å². The largest absolute Gasteiger partial charge is 0.466 e. The Morgan fingerprint density at radius 2 is 1.53 bits per heavy atom. The highest BCUT2D eigenvalue weighted by atomic mass is 32.1. The number of fused-ring (bicyclic) bond motifs is 1. The predicted octanol–water partition coefficient (Wildman–Crippen LogP) is 4.71. The van der Waals surface area contributed by atoms with Crippen LogP contribution in [-0.4, -0.2) is 64.8 Å². The Kier molecular flexibility index (Phi) is 14.1. The van der Waals surface area contributed by atoms with Gasteiger partial charge in [-0.2, -0.15) is 0 Å². The Hall–Kier alpha value is -4.81. The highest BCUT2D eigenvalue weighted by molar-refractivity contribution is 7.07. The van der Waals surface area contributed by atoms with Gasteiger partial charge in [-0.05, 0) is 41.2 Å². The number of rotatable bonds is 17. The summed E-state index contributed by atoms with van der Waals surface area (Å²) in [5.74, 6) is -1.67. The molecule has 3 amide bonds. The van der Waals surface area contributed by atoms with Crippen LogP contribution in [-0.2, 0) is 43.3 Å². The molecule has 0 aliphatic heterocycles. The lowest BCUT2D eigenvalue weighted by Gasteiger charge is -2.28. The summed E-state index contributed by atoms with van der Waals surface area (Å²) < 4.78 is 10.5. The van der Waals surface area contributed by atoms with Crippen molar-refractivity contribution >= 4 is 46.0 Å². The van der Waals surface area contributed by atoms with Crippen molar-refractivity contribution in [1.29, 1.82) is 0 Å². The van der Waals surface area contributed by atoms with Gasteiger partial charge in [0.25, 0.3) is 0 Å². The Morgan fingerprint density at radius 1 is 0.837 bits per heavy atom. The molecular weight excluding hydrogens is 644 g/mol. The molecule has 260 valence electrons. The number of benzene rings is 3. The molecule has 4 N–H and O–H groups in total. The lowest BCUT2D eigenvalue weighted by Crippen LogP contribution is -2.57. The van der Waals surface area contributed by atoms with Crippen LogP contribution in [0.25, 0.3) is 10.8 Å². The van der Waals surface area contributed by atoms with Crippen molar-refractivity contribution < 1.29 is 33.8 Å². The van der Waals surface area contributed by atoms with E-state index in [1.165, 1.54) is 11.3 Å². The van der Waals surface area contributed by atoms with E-state index < -0.39 is 48.1 Å². The number of ether oxygens (including phenoxy) is 2. The molecule has 4 aromatic rings. The summed E-state index contributed by atoms with van der Waals surface area (Å²) in [6.45, 7) is 5.73. The van der Waals surface area contributed by atoms with E-state index in [0.717, 1.165) is 21.9 Å². The third kappa shape index (κ3) is 11.7. The van der Waals surface area contributed by atoms with E-state index in [4.69, 9.17) is 9.47 Å². The maximum Gasteiger partial charge on any atom is 0.408 e. The first-order valence-electron chi connectivity index (χ1n) is 16.4. The molecule has 3 aromatic carbocycles. The van der Waals surface area contributed by atoms with Gasteiger partial charge >= 0.3 is 12.1 Å². The summed E-state index contributed by atoms with van der Waals surface area (Å²) in [6.07, 6.45) is -1.74. The van der Waals surface area contributed by atoms with Gasteiger partial charge in [0.15, 0.2) is 0 Å². The van der Waals surface area contributed by atoms with Crippen molar-refractivity contribution in [3.05, 3.63) is 101 Å². The van der Waals surface area contributed by atoms with Crippen LogP contribution >= 0.6 is 11.3 Å². The van der Waals surface area contributed by atoms with Crippen molar-refractivity contribution in [3.8, 4) is 0 Å². The zero-order chi connectivity index (χ0) is 35.2. The number of carbonyl (C=O) groups is 4. The number of nitrogens with zero attached hydrogens (tertiary/aromatic N) is 1. The van der Waals surface area contributed by atoms with E-state index >= 15 is 0 Å². The lowest BCUT2D eigenvalue weighted by molar-refractivity contribution is -0.146. The average molecular weight is 689 g/mol. The highest BCUT2D eigenvalue weighted by Crippen LogP contribution is 2.20. The van der Waals surface area contributed by atoms with Crippen molar-refractivity contribution in [2.45, 2.75) is 77.3 Å². The smallest absolute Gasteiger partial charge is 0.408 e. The zero-order valence-corrected chi connectivity index (χ0v) is 28.8. The molecule has 49 heavy (non-hydrogen) atoms. The van der Waals surface area contributed by atoms with E-state index in [1.54, 1.807) is 17.8 Å². The van der Waals surface area contributed by atoms with Crippen LogP contribution in [0.2, 0.25) is 0 Å². The fourth-order valence-electron chi connectivity index (χ4n) is 5.47. The van der Waals surface area contributed by atoms with Gasteiger partial charge in [-0.25, -0.2) is 9.78 Å². The number of aliphatic hydroxyl groups is 1. The topological polar surface area (TPSA) is 156 Å². The molecule has 0 radical (unpaired) electrons. The molecule has 1 unspecified atom stereocenters. The summed E-state index contributed by atoms with van der Waals surface area (Å²) >= 11 is 1.35. The Labute approximate surface area is 290 Å². The summed E-state index contributed by atoms with van der Waals surface area (Å²) in [4.78, 5) is 57.4. The minimum absolute atomic E-state index is 0.00943. The van der Waals surface area contributed by atoms with E-state index in [0.29, 0.717) is 12.1 Å². The second kappa shape index (κ2) is 18.7. The van der Waals surface area contributed by atoms with Gasteiger partial charge < -0.3 is 30.5 Å². The van der Waals surface area contributed by atoms with Gasteiger partial charge in [0.1, 0.15) is 18.7 Å². The molecule has 12 heteroatoms. The van der Waals surface area contributed by atoms with Crippen LogP contribution in [0.5, 0.6) is 0 Å². The SMILES string of the molecule is CCOC(=O)C[C@H](O)[C@H](CC(C)C)NC(=O)C(Cc1cscn1)NC(=O)[C@H](Cc1cccc2ccccc12)NC(=O)OCc1ccccc1. The standard InChI is InChI=1S/C37H44N4O7S/c1-4-47-34(43)20-33(42)30(17-24(2)3)39-36(45)32(19-28-22-49-23-38-28)40-35(44)31(41-37(46)48-21-25-11-6-5-7-12-25)18-27-15-10-14-26-13-8-9-16-29(26)27/h5-16,22-24,30-33,42H,4,17-21H2,1-3H3,(H,39,45)(H,40,44)(H,41,46)/t30-,31-,32?,33-/m0/s1. The van der Waals surface area contributed by atoms with Crippen LogP contribution < -0.4 is 16.0 Å². The van der Waals surface area contributed by atoms with Gasteiger partial charge in [-0.15, -0.1) is 11.3 Å². The quantitative estimate of drug-likeness (QED) is 0.116. The first kappa shape index (κ1) is 37.0. The van der Waals surface area contributed by atoms with Crippen LogP contribution in [0.1, 0.15) is 50.4 Å². The summed E-state index contributed by atoms with van der Waals surface area (Å²) in [5, 5.41) is 23.0. The predicted molar refractivity (Wildman–Crippen MR) is 188 cm³/mol. The van der Waals surface area contributed by atoms with Crippen LogP contribution in [0.15, 0.2) is 83.7 Å². The van der Waals surface area contributed by atoms with Crippen LogP contribution in [0, 0.1) is 5.92 Å². The van der Waals surface area contributed by atoms with Crippen LogP contribution in [0.3, 0.4) is 0 Å².